The molecule has 0 saturated carbocycles. The van der Waals surface area contributed by atoms with Gasteiger partial charge in [-0.05, 0) is 35.9 Å². The Kier molecular flexibility index (Phi) is 7.03. The maximum absolute atomic E-state index is 12.2. The lowest BCUT2D eigenvalue weighted by molar-refractivity contribution is -0.118. The molecule has 2 heterocycles. The number of ether oxygens (including phenoxy) is 2. The fourth-order valence-corrected chi connectivity index (χ4v) is 3.70. The van der Waals surface area contributed by atoms with Gasteiger partial charge >= 0.3 is 0 Å². The van der Waals surface area contributed by atoms with Crippen LogP contribution in [0.4, 0.5) is 5.69 Å². The molecule has 2 aromatic carbocycles. The highest BCUT2D eigenvalue weighted by molar-refractivity contribution is 7.99. The van der Waals surface area contributed by atoms with Crippen LogP contribution in [0.15, 0.2) is 71.4 Å². The zero-order valence-electron chi connectivity index (χ0n) is 17.2. The van der Waals surface area contributed by atoms with E-state index in [0.29, 0.717) is 29.7 Å². The van der Waals surface area contributed by atoms with Crippen molar-refractivity contribution in [2.24, 2.45) is 5.10 Å². The first kappa shape index (κ1) is 21.4. The lowest BCUT2D eigenvalue weighted by Crippen LogP contribution is -2.20. The highest BCUT2D eigenvalue weighted by atomic mass is 32.2. The molecule has 1 aromatic heterocycles. The number of hydrogen-bond donors (Lipinski definition) is 2. The van der Waals surface area contributed by atoms with Crippen LogP contribution in [-0.2, 0) is 17.9 Å². The Morgan fingerprint density at radius 2 is 2.03 bits per heavy atom. The number of thioether (sulfide) groups is 1. The van der Waals surface area contributed by atoms with E-state index in [4.69, 9.17) is 9.47 Å². The zero-order valence-corrected chi connectivity index (χ0v) is 18.0. The van der Waals surface area contributed by atoms with Crippen LogP contribution < -0.4 is 20.2 Å². The molecule has 164 valence electrons. The summed E-state index contributed by atoms with van der Waals surface area (Å²) in [6.07, 6.45) is 3.33. The SMILES string of the molecule is C=CCn1c(CNc2ccccc2)nnc1SCC(=O)N/N=C/c1ccc2c(c1)OCO2. The van der Waals surface area contributed by atoms with Gasteiger partial charge in [-0.15, -0.1) is 16.8 Å². The average molecular weight is 451 g/mol. The second kappa shape index (κ2) is 10.5. The molecule has 1 aliphatic heterocycles. The number of fused-ring (bicyclic) bond motifs is 1. The normalized spacial score (nSPS) is 12.1. The number of anilines is 1. The van der Waals surface area contributed by atoms with E-state index in [1.165, 1.54) is 11.8 Å². The number of hydrogen-bond acceptors (Lipinski definition) is 8. The van der Waals surface area contributed by atoms with E-state index < -0.39 is 0 Å². The molecule has 0 aliphatic carbocycles. The third-order valence-electron chi connectivity index (χ3n) is 4.46. The van der Waals surface area contributed by atoms with Crippen molar-refractivity contribution in [2.45, 2.75) is 18.2 Å². The molecule has 0 radical (unpaired) electrons. The van der Waals surface area contributed by atoms with Gasteiger partial charge in [0.2, 0.25) is 6.79 Å². The van der Waals surface area contributed by atoms with Crippen LogP contribution in [0.5, 0.6) is 11.5 Å². The third kappa shape index (κ3) is 5.46. The lowest BCUT2D eigenvalue weighted by atomic mass is 10.2. The van der Waals surface area contributed by atoms with E-state index in [1.54, 1.807) is 24.4 Å². The molecule has 3 aromatic rings. The summed E-state index contributed by atoms with van der Waals surface area (Å²) in [6, 6.07) is 15.3. The molecular weight excluding hydrogens is 428 g/mol. The molecule has 0 atom stereocenters. The molecule has 1 amide bonds. The number of nitrogens with one attached hydrogen (secondary N) is 2. The Morgan fingerprint density at radius 3 is 2.88 bits per heavy atom. The molecule has 0 saturated heterocycles. The van der Waals surface area contributed by atoms with Crippen molar-refractivity contribution >= 4 is 29.6 Å². The molecule has 32 heavy (non-hydrogen) atoms. The molecule has 0 unspecified atom stereocenters. The van der Waals surface area contributed by atoms with Crippen LogP contribution in [0, 0.1) is 0 Å². The van der Waals surface area contributed by atoms with Crippen LogP contribution in [0.3, 0.4) is 0 Å². The molecule has 0 bridgehead atoms. The molecule has 0 spiro atoms. The molecule has 2 N–H and O–H groups in total. The summed E-state index contributed by atoms with van der Waals surface area (Å²) in [5.74, 6) is 2.03. The summed E-state index contributed by atoms with van der Waals surface area (Å²) in [5.41, 5.74) is 4.31. The van der Waals surface area contributed by atoms with Crippen molar-refractivity contribution < 1.29 is 14.3 Å². The van der Waals surface area contributed by atoms with Crippen molar-refractivity contribution in [1.82, 2.24) is 20.2 Å². The quantitative estimate of drug-likeness (QED) is 0.212. The summed E-state index contributed by atoms with van der Waals surface area (Å²) in [7, 11) is 0. The Hall–Kier alpha value is -3.79. The Balaban J connectivity index is 1.30. The number of hydrazone groups is 1. The van der Waals surface area contributed by atoms with Gasteiger partial charge in [-0.1, -0.05) is 36.0 Å². The number of amides is 1. The minimum atomic E-state index is -0.246. The predicted octanol–water partition coefficient (Wildman–Crippen LogP) is 3.05. The van der Waals surface area contributed by atoms with Gasteiger partial charge in [0, 0.05) is 12.2 Å². The second-order valence-corrected chi connectivity index (χ2v) is 7.65. The predicted molar refractivity (Wildman–Crippen MR) is 123 cm³/mol. The van der Waals surface area contributed by atoms with Crippen molar-refractivity contribution in [2.75, 3.05) is 17.9 Å². The maximum atomic E-state index is 12.2. The first-order chi connectivity index (χ1) is 15.7. The smallest absolute Gasteiger partial charge is 0.250 e. The van der Waals surface area contributed by atoms with Gasteiger partial charge in [0.1, 0.15) is 0 Å². The fraction of sp³-hybridized carbons (Fsp3) is 0.182. The van der Waals surface area contributed by atoms with E-state index in [-0.39, 0.29) is 18.5 Å². The molecule has 4 rings (SSSR count). The highest BCUT2D eigenvalue weighted by Crippen LogP contribution is 2.31. The van der Waals surface area contributed by atoms with E-state index in [1.807, 2.05) is 41.0 Å². The largest absolute Gasteiger partial charge is 0.454 e. The Labute approximate surface area is 189 Å². The lowest BCUT2D eigenvalue weighted by Gasteiger charge is -2.09. The minimum absolute atomic E-state index is 0.153. The van der Waals surface area contributed by atoms with Crippen molar-refractivity contribution in [3.8, 4) is 11.5 Å². The first-order valence-electron chi connectivity index (χ1n) is 9.89. The maximum Gasteiger partial charge on any atom is 0.250 e. The van der Waals surface area contributed by atoms with Crippen LogP contribution in [0.2, 0.25) is 0 Å². The van der Waals surface area contributed by atoms with Crippen LogP contribution in [-0.4, -0.2) is 39.4 Å². The third-order valence-corrected chi connectivity index (χ3v) is 5.43. The van der Waals surface area contributed by atoms with Gasteiger partial charge < -0.3 is 19.4 Å². The average Bonchev–Trinajstić information content (AvgIpc) is 3.44. The number of benzene rings is 2. The number of carbonyl (C=O) groups excluding carboxylic acids is 1. The van der Waals surface area contributed by atoms with E-state index in [2.05, 4.69) is 32.6 Å². The van der Waals surface area contributed by atoms with Gasteiger partial charge in [0.15, 0.2) is 22.5 Å². The standard InChI is InChI=1S/C22H22N6O3S/c1-2-10-28-20(13-23-17-6-4-3-5-7-17)25-27-22(28)32-14-21(29)26-24-12-16-8-9-18-19(11-16)31-15-30-18/h2-9,11-12,23H,1,10,13-15H2,(H,26,29)/b24-12+. The number of carbonyl (C=O) groups is 1. The summed E-state index contributed by atoms with van der Waals surface area (Å²) in [6.45, 7) is 5.07. The number of allylic oxidation sites excluding steroid dienone is 1. The van der Waals surface area contributed by atoms with Gasteiger partial charge in [-0.2, -0.15) is 5.10 Å². The van der Waals surface area contributed by atoms with Crippen LogP contribution in [0.1, 0.15) is 11.4 Å². The van der Waals surface area contributed by atoms with Gasteiger partial charge in [0.25, 0.3) is 5.91 Å². The summed E-state index contributed by atoms with van der Waals surface area (Å²) < 4.78 is 12.5. The van der Waals surface area contributed by atoms with E-state index in [9.17, 15) is 4.79 Å². The van der Waals surface area contributed by atoms with E-state index in [0.717, 1.165) is 17.1 Å². The molecular formula is C22H22N6O3S. The number of nitrogens with zero attached hydrogens (tertiary/aromatic N) is 4. The van der Waals surface area contributed by atoms with Crippen LogP contribution in [0.25, 0.3) is 0 Å². The minimum Gasteiger partial charge on any atom is -0.454 e. The number of para-hydroxylation sites is 1. The van der Waals surface area contributed by atoms with Gasteiger partial charge in [-0.25, -0.2) is 5.43 Å². The monoisotopic (exact) mass is 450 g/mol. The number of rotatable bonds is 10. The van der Waals surface area contributed by atoms with Gasteiger partial charge in [0.05, 0.1) is 18.5 Å². The van der Waals surface area contributed by atoms with Gasteiger partial charge in [-0.3, -0.25) is 4.79 Å². The second-order valence-electron chi connectivity index (χ2n) is 6.71. The highest BCUT2D eigenvalue weighted by Gasteiger charge is 2.14. The summed E-state index contributed by atoms with van der Waals surface area (Å²) in [5, 5.41) is 16.4. The Bertz CT molecular complexity index is 1120. The van der Waals surface area contributed by atoms with Crippen molar-refractivity contribution in [3.63, 3.8) is 0 Å². The zero-order chi connectivity index (χ0) is 22.2. The first-order valence-corrected chi connectivity index (χ1v) is 10.9. The number of aromatic nitrogens is 3. The Morgan fingerprint density at radius 1 is 1.19 bits per heavy atom. The van der Waals surface area contributed by atoms with Crippen molar-refractivity contribution in [1.29, 1.82) is 0 Å². The van der Waals surface area contributed by atoms with Crippen LogP contribution >= 0.6 is 11.8 Å². The molecule has 0 fully saturated rings. The summed E-state index contributed by atoms with van der Waals surface area (Å²) >= 11 is 1.29. The van der Waals surface area contributed by atoms with Crippen molar-refractivity contribution in [3.05, 3.63) is 72.6 Å². The van der Waals surface area contributed by atoms with E-state index >= 15 is 0 Å². The molecule has 10 heteroatoms. The topological polar surface area (TPSA) is 103 Å². The molecule has 1 aliphatic rings. The summed E-state index contributed by atoms with van der Waals surface area (Å²) in [4.78, 5) is 12.2. The fourth-order valence-electron chi connectivity index (χ4n) is 2.94. The molecule has 9 nitrogen and oxygen atoms in total.